The molecule has 0 atom stereocenters. The van der Waals surface area contributed by atoms with Crippen molar-refractivity contribution in [1.82, 2.24) is 9.97 Å². The maximum atomic E-state index is 5.87. The number of fused-ring (bicyclic) bond motifs is 1. The van der Waals surface area contributed by atoms with Crippen molar-refractivity contribution >= 4 is 11.0 Å². The number of aromatic amines is 1. The summed E-state index contributed by atoms with van der Waals surface area (Å²) in [4.78, 5) is 8.04. The minimum atomic E-state index is 0.795. The predicted molar refractivity (Wildman–Crippen MR) is 92.8 cm³/mol. The van der Waals surface area contributed by atoms with Crippen molar-refractivity contribution in [2.24, 2.45) is 0 Å². The average molecular weight is 300 g/mol. The SMILES string of the molecule is Cc1cccc(-c2nc3ccc(Oc4ccccc4)cc3[nH]2)c1. The molecule has 4 aromatic rings. The van der Waals surface area contributed by atoms with Gasteiger partial charge < -0.3 is 9.72 Å². The molecule has 0 spiro atoms. The van der Waals surface area contributed by atoms with E-state index >= 15 is 0 Å². The van der Waals surface area contributed by atoms with E-state index in [1.807, 2.05) is 54.6 Å². The molecule has 0 unspecified atom stereocenters. The van der Waals surface area contributed by atoms with Crippen LogP contribution in [0.5, 0.6) is 11.5 Å². The number of imidazole rings is 1. The van der Waals surface area contributed by atoms with Crippen molar-refractivity contribution in [1.29, 1.82) is 0 Å². The van der Waals surface area contributed by atoms with Crippen LogP contribution in [0, 0.1) is 6.92 Å². The van der Waals surface area contributed by atoms with E-state index < -0.39 is 0 Å². The van der Waals surface area contributed by atoms with E-state index in [1.165, 1.54) is 5.56 Å². The van der Waals surface area contributed by atoms with E-state index in [0.29, 0.717) is 0 Å². The Kier molecular flexibility index (Phi) is 3.31. The summed E-state index contributed by atoms with van der Waals surface area (Å²) in [5.74, 6) is 2.49. The molecule has 0 fully saturated rings. The molecule has 0 aliphatic carbocycles. The maximum absolute atomic E-state index is 5.87. The molecule has 0 saturated heterocycles. The third-order valence-electron chi connectivity index (χ3n) is 3.72. The second-order valence-corrected chi connectivity index (χ2v) is 5.55. The van der Waals surface area contributed by atoms with E-state index in [4.69, 9.17) is 4.74 Å². The zero-order chi connectivity index (χ0) is 15.6. The molecule has 112 valence electrons. The molecule has 0 amide bonds. The van der Waals surface area contributed by atoms with Gasteiger partial charge in [-0.3, -0.25) is 0 Å². The van der Waals surface area contributed by atoms with Gasteiger partial charge in [0.15, 0.2) is 0 Å². The summed E-state index contributed by atoms with van der Waals surface area (Å²) in [6.45, 7) is 2.08. The van der Waals surface area contributed by atoms with Crippen molar-refractivity contribution in [3.63, 3.8) is 0 Å². The second-order valence-electron chi connectivity index (χ2n) is 5.55. The molecular weight excluding hydrogens is 284 g/mol. The molecule has 0 bridgehead atoms. The highest BCUT2D eigenvalue weighted by Gasteiger charge is 2.07. The fourth-order valence-corrected chi connectivity index (χ4v) is 2.61. The number of hydrogen-bond acceptors (Lipinski definition) is 2. The van der Waals surface area contributed by atoms with Gasteiger partial charge >= 0.3 is 0 Å². The lowest BCUT2D eigenvalue weighted by Crippen LogP contribution is -1.83. The first-order valence-electron chi connectivity index (χ1n) is 7.58. The standard InChI is InChI=1S/C20H16N2O/c1-14-6-5-7-15(12-14)20-21-18-11-10-17(13-19(18)22-20)23-16-8-3-2-4-9-16/h2-13H,1H3,(H,21,22). The van der Waals surface area contributed by atoms with Crippen molar-refractivity contribution in [3.8, 4) is 22.9 Å². The van der Waals surface area contributed by atoms with Gasteiger partial charge in [0.1, 0.15) is 17.3 Å². The zero-order valence-corrected chi connectivity index (χ0v) is 12.8. The van der Waals surface area contributed by atoms with Crippen LogP contribution in [0.25, 0.3) is 22.4 Å². The quantitative estimate of drug-likeness (QED) is 0.555. The Morgan fingerprint density at radius 1 is 0.826 bits per heavy atom. The summed E-state index contributed by atoms with van der Waals surface area (Å²) in [5, 5.41) is 0. The zero-order valence-electron chi connectivity index (χ0n) is 12.8. The minimum Gasteiger partial charge on any atom is -0.457 e. The third kappa shape index (κ3) is 2.81. The highest BCUT2D eigenvalue weighted by Crippen LogP contribution is 2.27. The van der Waals surface area contributed by atoms with Crippen molar-refractivity contribution in [2.75, 3.05) is 0 Å². The number of aromatic nitrogens is 2. The van der Waals surface area contributed by atoms with Crippen LogP contribution in [0.4, 0.5) is 0 Å². The van der Waals surface area contributed by atoms with Gasteiger partial charge in [0.05, 0.1) is 11.0 Å². The van der Waals surface area contributed by atoms with Crippen LogP contribution in [0.15, 0.2) is 72.8 Å². The molecule has 0 aliphatic heterocycles. The lowest BCUT2D eigenvalue weighted by Gasteiger charge is -2.04. The van der Waals surface area contributed by atoms with Gasteiger partial charge in [-0.05, 0) is 37.3 Å². The maximum Gasteiger partial charge on any atom is 0.138 e. The number of H-pyrrole nitrogens is 1. The van der Waals surface area contributed by atoms with E-state index in [-0.39, 0.29) is 0 Å². The molecule has 0 saturated carbocycles. The Morgan fingerprint density at radius 2 is 1.70 bits per heavy atom. The third-order valence-corrected chi connectivity index (χ3v) is 3.72. The first kappa shape index (κ1) is 13.6. The van der Waals surface area contributed by atoms with E-state index in [9.17, 15) is 0 Å². The van der Waals surface area contributed by atoms with Crippen LogP contribution in [0.3, 0.4) is 0 Å². The van der Waals surface area contributed by atoms with E-state index in [0.717, 1.165) is 33.9 Å². The van der Waals surface area contributed by atoms with Gasteiger partial charge in [-0.25, -0.2) is 4.98 Å². The Hall–Kier alpha value is -3.07. The summed E-state index contributed by atoms with van der Waals surface area (Å²) in [6.07, 6.45) is 0. The average Bonchev–Trinajstić information content (AvgIpc) is 2.99. The number of benzene rings is 3. The first-order valence-corrected chi connectivity index (χ1v) is 7.58. The van der Waals surface area contributed by atoms with Gasteiger partial charge in [-0.15, -0.1) is 0 Å². The predicted octanol–water partition coefficient (Wildman–Crippen LogP) is 5.33. The van der Waals surface area contributed by atoms with Crippen molar-refractivity contribution in [3.05, 3.63) is 78.4 Å². The normalized spacial score (nSPS) is 10.8. The summed E-state index contributed by atoms with van der Waals surface area (Å²) in [5.41, 5.74) is 4.21. The Balaban J connectivity index is 1.69. The summed E-state index contributed by atoms with van der Waals surface area (Å²) in [6, 6.07) is 24.0. The van der Waals surface area contributed by atoms with Gasteiger partial charge in [0.2, 0.25) is 0 Å². The van der Waals surface area contributed by atoms with Gasteiger partial charge in [0.25, 0.3) is 0 Å². The lowest BCUT2D eigenvalue weighted by atomic mass is 10.1. The van der Waals surface area contributed by atoms with Crippen LogP contribution >= 0.6 is 0 Å². The summed E-state index contributed by atoms with van der Waals surface area (Å²) >= 11 is 0. The highest BCUT2D eigenvalue weighted by molar-refractivity contribution is 5.80. The molecule has 0 radical (unpaired) electrons. The molecule has 1 heterocycles. The summed E-state index contributed by atoms with van der Waals surface area (Å²) < 4.78 is 5.87. The molecular formula is C20H16N2O. The van der Waals surface area contributed by atoms with Crippen LogP contribution in [-0.4, -0.2) is 9.97 Å². The number of nitrogens with zero attached hydrogens (tertiary/aromatic N) is 1. The molecule has 3 aromatic carbocycles. The van der Waals surface area contributed by atoms with E-state index in [1.54, 1.807) is 0 Å². The molecule has 1 N–H and O–H groups in total. The Bertz CT molecular complexity index is 958. The summed E-state index contributed by atoms with van der Waals surface area (Å²) in [7, 11) is 0. The monoisotopic (exact) mass is 300 g/mol. The Labute approximate surface area is 134 Å². The Morgan fingerprint density at radius 3 is 2.52 bits per heavy atom. The van der Waals surface area contributed by atoms with Crippen LogP contribution in [-0.2, 0) is 0 Å². The molecule has 23 heavy (non-hydrogen) atoms. The van der Waals surface area contributed by atoms with Crippen LogP contribution in [0.2, 0.25) is 0 Å². The molecule has 3 heteroatoms. The number of hydrogen-bond donors (Lipinski definition) is 1. The molecule has 4 rings (SSSR count). The van der Waals surface area contributed by atoms with Crippen LogP contribution in [0.1, 0.15) is 5.56 Å². The van der Waals surface area contributed by atoms with Crippen LogP contribution < -0.4 is 4.74 Å². The largest absolute Gasteiger partial charge is 0.457 e. The van der Waals surface area contributed by atoms with Gasteiger partial charge in [-0.2, -0.15) is 0 Å². The molecule has 0 aliphatic rings. The number of aryl methyl sites for hydroxylation is 1. The molecule has 1 aromatic heterocycles. The minimum absolute atomic E-state index is 0.795. The fraction of sp³-hybridized carbons (Fsp3) is 0.0500. The smallest absolute Gasteiger partial charge is 0.138 e. The van der Waals surface area contributed by atoms with Crippen molar-refractivity contribution in [2.45, 2.75) is 6.92 Å². The number of nitrogens with one attached hydrogen (secondary N) is 1. The highest BCUT2D eigenvalue weighted by atomic mass is 16.5. The lowest BCUT2D eigenvalue weighted by molar-refractivity contribution is 0.483. The second kappa shape index (κ2) is 5.61. The molecule has 3 nitrogen and oxygen atoms in total. The topological polar surface area (TPSA) is 37.9 Å². The fourth-order valence-electron chi connectivity index (χ4n) is 2.61. The number of rotatable bonds is 3. The van der Waals surface area contributed by atoms with E-state index in [2.05, 4.69) is 35.1 Å². The first-order chi connectivity index (χ1) is 11.3. The van der Waals surface area contributed by atoms with Gasteiger partial charge in [0, 0.05) is 11.6 Å². The van der Waals surface area contributed by atoms with Gasteiger partial charge in [-0.1, -0.05) is 42.0 Å². The number of para-hydroxylation sites is 1. The van der Waals surface area contributed by atoms with Crippen molar-refractivity contribution < 1.29 is 4.74 Å². The number of ether oxygens (including phenoxy) is 1.